The Bertz CT molecular complexity index is 1410. The van der Waals surface area contributed by atoms with Crippen LogP contribution in [-0.4, -0.2) is 12.5 Å². The van der Waals surface area contributed by atoms with Crippen LogP contribution >= 0.6 is 11.6 Å². The predicted octanol–water partition coefficient (Wildman–Crippen LogP) is 7.02. The maximum absolute atomic E-state index is 12.9. The molecule has 0 bridgehead atoms. The van der Waals surface area contributed by atoms with E-state index in [1.54, 1.807) is 42.5 Å². The molecular weight excluding hydrogens is 460 g/mol. The lowest BCUT2D eigenvalue weighted by atomic mass is 10.0. The summed E-state index contributed by atoms with van der Waals surface area (Å²) in [5.74, 6) is 0.772. The first-order valence-electron chi connectivity index (χ1n) is 11.1. The van der Waals surface area contributed by atoms with Gasteiger partial charge >= 0.3 is 0 Å². The van der Waals surface area contributed by atoms with Crippen molar-refractivity contribution in [1.29, 1.82) is 5.26 Å². The van der Waals surface area contributed by atoms with E-state index in [4.69, 9.17) is 21.1 Å². The summed E-state index contributed by atoms with van der Waals surface area (Å²) < 4.78 is 11.5. The molecule has 0 saturated carbocycles. The second-order valence-corrected chi connectivity index (χ2v) is 8.13. The van der Waals surface area contributed by atoms with Crippen LogP contribution in [0.2, 0.25) is 5.02 Å². The van der Waals surface area contributed by atoms with Crippen LogP contribution in [0.1, 0.15) is 18.1 Å². The lowest BCUT2D eigenvalue weighted by molar-refractivity contribution is -0.112. The van der Waals surface area contributed by atoms with Crippen molar-refractivity contribution < 1.29 is 14.3 Å². The fourth-order valence-electron chi connectivity index (χ4n) is 3.58. The van der Waals surface area contributed by atoms with Crippen LogP contribution in [0, 0.1) is 11.3 Å². The van der Waals surface area contributed by atoms with Gasteiger partial charge in [-0.2, -0.15) is 5.26 Å². The van der Waals surface area contributed by atoms with Gasteiger partial charge in [0, 0.05) is 16.3 Å². The maximum Gasteiger partial charge on any atom is 0.266 e. The molecule has 4 rings (SSSR count). The number of halogens is 1. The summed E-state index contributed by atoms with van der Waals surface area (Å²) in [6.45, 7) is 2.78. The van der Waals surface area contributed by atoms with E-state index in [0.29, 0.717) is 41.0 Å². The minimum Gasteiger partial charge on any atom is -0.494 e. The van der Waals surface area contributed by atoms with E-state index >= 15 is 0 Å². The standard InChI is InChI=1S/C29H23ClN2O3/c1-2-34-25-14-12-24(13-15-25)32-29(33)22(18-31)17-27-26-6-4-3-5-21(26)9-16-28(27)35-19-20-7-10-23(30)11-8-20/h3-17H,2,19H2,1H3,(H,32,33)/b22-17-. The molecular formula is C29H23ClN2O3. The molecule has 4 aromatic rings. The zero-order valence-electron chi connectivity index (χ0n) is 19.1. The second-order valence-electron chi connectivity index (χ2n) is 7.69. The third-order valence-electron chi connectivity index (χ3n) is 5.32. The molecule has 0 heterocycles. The van der Waals surface area contributed by atoms with E-state index in [-0.39, 0.29) is 5.57 Å². The number of amides is 1. The molecule has 0 aliphatic carbocycles. The fraction of sp³-hybridized carbons (Fsp3) is 0.103. The van der Waals surface area contributed by atoms with Gasteiger partial charge in [-0.1, -0.05) is 54.1 Å². The topological polar surface area (TPSA) is 71.3 Å². The first-order valence-corrected chi connectivity index (χ1v) is 11.5. The van der Waals surface area contributed by atoms with Crippen LogP contribution in [0.3, 0.4) is 0 Å². The lowest BCUT2D eigenvalue weighted by Crippen LogP contribution is -2.13. The molecule has 6 heteroatoms. The second kappa shape index (κ2) is 11.2. The van der Waals surface area contributed by atoms with Crippen LogP contribution in [0.15, 0.2) is 90.5 Å². The Labute approximate surface area is 209 Å². The van der Waals surface area contributed by atoms with Crippen molar-refractivity contribution in [3.8, 4) is 17.6 Å². The van der Waals surface area contributed by atoms with Gasteiger partial charge in [-0.15, -0.1) is 0 Å². The van der Waals surface area contributed by atoms with Gasteiger partial charge in [0.05, 0.1) is 6.61 Å². The van der Waals surface area contributed by atoms with Gasteiger partial charge in [0.1, 0.15) is 29.7 Å². The molecule has 0 radical (unpaired) electrons. The van der Waals surface area contributed by atoms with Crippen LogP contribution in [0.25, 0.3) is 16.8 Å². The number of anilines is 1. The summed E-state index contributed by atoms with van der Waals surface area (Å²) >= 11 is 5.98. The average Bonchev–Trinajstić information content (AvgIpc) is 2.88. The predicted molar refractivity (Wildman–Crippen MR) is 140 cm³/mol. The number of hydrogen-bond donors (Lipinski definition) is 1. The molecule has 0 fully saturated rings. The summed E-state index contributed by atoms with van der Waals surface area (Å²) in [6, 6.07) is 28.0. The Morgan fingerprint density at radius 1 is 0.971 bits per heavy atom. The number of nitriles is 1. The van der Waals surface area contributed by atoms with Gasteiger partial charge < -0.3 is 14.8 Å². The summed E-state index contributed by atoms with van der Waals surface area (Å²) in [6.07, 6.45) is 1.57. The molecule has 0 aliphatic rings. The van der Waals surface area contributed by atoms with E-state index in [1.807, 2.05) is 61.5 Å². The maximum atomic E-state index is 12.9. The number of carbonyl (C=O) groups excluding carboxylic acids is 1. The van der Waals surface area contributed by atoms with Gasteiger partial charge in [-0.25, -0.2) is 0 Å². The van der Waals surface area contributed by atoms with Crippen LogP contribution in [0.4, 0.5) is 5.69 Å². The summed E-state index contributed by atoms with van der Waals surface area (Å²) in [7, 11) is 0. The highest BCUT2D eigenvalue weighted by Gasteiger charge is 2.14. The molecule has 0 saturated heterocycles. The third-order valence-corrected chi connectivity index (χ3v) is 5.57. The van der Waals surface area contributed by atoms with Crippen molar-refractivity contribution >= 4 is 40.0 Å². The van der Waals surface area contributed by atoms with Gasteiger partial charge in [0.2, 0.25) is 0 Å². The Balaban J connectivity index is 1.64. The molecule has 0 aromatic heterocycles. The van der Waals surface area contributed by atoms with Crippen LogP contribution in [0.5, 0.6) is 11.5 Å². The number of nitrogens with zero attached hydrogens (tertiary/aromatic N) is 1. The van der Waals surface area contributed by atoms with E-state index < -0.39 is 5.91 Å². The van der Waals surface area contributed by atoms with Crippen molar-refractivity contribution in [1.82, 2.24) is 0 Å². The van der Waals surface area contributed by atoms with Gasteiger partial charge in [-0.3, -0.25) is 4.79 Å². The van der Waals surface area contributed by atoms with Crippen molar-refractivity contribution in [2.75, 3.05) is 11.9 Å². The number of ether oxygens (including phenoxy) is 2. The Hall–Kier alpha value is -4.27. The lowest BCUT2D eigenvalue weighted by Gasteiger charge is -2.13. The molecule has 5 nitrogen and oxygen atoms in total. The first kappa shape index (κ1) is 23.9. The Morgan fingerprint density at radius 2 is 1.71 bits per heavy atom. The molecule has 0 atom stereocenters. The molecule has 0 unspecified atom stereocenters. The minimum atomic E-state index is -0.506. The smallest absolute Gasteiger partial charge is 0.266 e. The average molecular weight is 483 g/mol. The number of rotatable bonds is 8. The van der Waals surface area contributed by atoms with E-state index in [2.05, 4.69) is 5.32 Å². The Morgan fingerprint density at radius 3 is 2.43 bits per heavy atom. The minimum absolute atomic E-state index is 0.0356. The normalized spacial score (nSPS) is 11.1. The highest BCUT2D eigenvalue weighted by molar-refractivity contribution is 6.30. The zero-order chi connectivity index (χ0) is 24.6. The zero-order valence-corrected chi connectivity index (χ0v) is 19.9. The van der Waals surface area contributed by atoms with Crippen molar-refractivity contribution in [3.63, 3.8) is 0 Å². The summed E-state index contributed by atoms with van der Waals surface area (Å²) in [5.41, 5.74) is 2.14. The monoisotopic (exact) mass is 482 g/mol. The molecule has 0 aliphatic heterocycles. The quantitative estimate of drug-likeness (QED) is 0.216. The largest absolute Gasteiger partial charge is 0.494 e. The van der Waals surface area contributed by atoms with Crippen molar-refractivity contribution in [2.45, 2.75) is 13.5 Å². The highest BCUT2D eigenvalue weighted by atomic mass is 35.5. The van der Waals surface area contributed by atoms with Crippen LogP contribution < -0.4 is 14.8 Å². The summed E-state index contributed by atoms with van der Waals surface area (Å²) in [4.78, 5) is 12.9. The van der Waals surface area contributed by atoms with Crippen molar-refractivity contribution in [2.24, 2.45) is 0 Å². The van der Waals surface area contributed by atoms with Crippen molar-refractivity contribution in [3.05, 3.63) is 107 Å². The molecule has 1 N–H and O–H groups in total. The molecule has 1 amide bonds. The van der Waals surface area contributed by atoms with Crippen LogP contribution in [-0.2, 0) is 11.4 Å². The van der Waals surface area contributed by atoms with Gasteiger partial charge in [0.25, 0.3) is 5.91 Å². The Kier molecular flexibility index (Phi) is 7.67. The first-order chi connectivity index (χ1) is 17.1. The van der Waals surface area contributed by atoms with E-state index in [0.717, 1.165) is 16.3 Å². The molecule has 35 heavy (non-hydrogen) atoms. The summed E-state index contributed by atoms with van der Waals surface area (Å²) in [5, 5.41) is 15.1. The number of nitrogens with one attached hydrogen (secondary N) is 1. The van der Waals surface area contributed by atoms with Gasteiger partial charge in [0.15, 0.2) is 0 Å². The highest BCUT2D eigenvalue weighted by Crippen LogP contribution is 2.31. The van der Waals surface area contributed by atoms with Gasteiger partial charge in [-0.05, 0) is 71.8 Å². The number of benzene rings is 4. The number of carbonyl (C=O) groups is 1. The van der Waals surface area contributed by atoms with E-state index in [1.165, 1.54) is 0 Å². The molecule has 4 aromatic carbocycles. The third kappa shape index (κ3) is 6.00. The molecule has 174 valence electrons. The SMILES string of the molecule is CCOc1ccc(NC(=O)/C(C#N)=C\c2c(OCc3ccc(Cl)cc3)ccc3ccccc23)cc1. The number of hydrogen-bond acceptors (Lipinski definition) is 4. The van der Waals surface area contributed by atoms with E-state index in [9.17, 15) is 10.1 Å². The number of fused-ring (bicyclic) bond motifs is 1. The molecule has 0 spiro atoms. The fourth-order valence-corrected chi connectivity index (χ4v) is 3.71.